The molecule has 1 N–H and O–H groups in total. The van der Waals surface area contributed by atoms with E-state index in [2.05, 4.69) is 15.3 Å². The summed E-state index contributed by atoms with van der Waals surface area (Å²) in [6, 6.07) is 4.35. The lowest BCUT2D eigenvalue weighted by Gasteiger charge is -2.30. The molecule has 2 aromatic heterocycles. The van der Waals surface area contributed by atoms with E-state index in [9.17, 15) is 4.79 Å². The van der Waals surface area contributed by atoms with Crippen LogP contribution in [-0.4, -0.2) is 25.8 Å². The van der Waals surface area contributed by atoms with Crippen LogP contribution in [0.2, 0.25) is 0 Å². The first-order valence-corrected chi connectivity index (χ1v) is 8.94. The van der Waals surface area contributed by atoms with Crippen LogP contribution >= 0.6 is 0 Å². The molecule has 2 aliphatic rings. The molecule has 1 saturated carbocycles. The zero-order valence-electron chi connectivity index (χ0n) is 13.8. The van der Waals surface area contributed by atoms with Crippen molar-refractivity contribution in [1.82, 2.24) is 19.7 Å². The lowest BCUT2D eigenvalue weighted by atomic mass is 9.91. The van der Waals surface area contributed by atoms with Crippen molar-refractivity contribution in [2.24, 2.45) is 0 Å². The molecule has 0 unspecified atom stereocenters. The van der Waals surface area contributed by atoms with Crippen LogP contribution in [0.15, 0.2) is 29.5 Å². The second kappa shape index (κ2) is 6.71. The predicted molar refractivity (Wildman–Crippen MR) is 92.1 cm³/mol. The van der Waals surface area contributed by atoms with E-state index in [0.717, 1.165) is 50.0 Å². The van der Waals surface area contributed by atoms with Crippen LogP contribution in [0.25, 0.3) is 0 Å². The highest BCUT2D eigenvalue weighted by Crippen LogP contribution is 2.29. The van der Waals surface area contributed by atoms with Crippen molar-refractivity contribution in [2.45, 2.75) is 63.5 Å². The van der Waals surface area contributed by atoms with Crippen LogP contribution < -0.4 is 10.9 Å². The van der Waals surface area contributed by atoms with Gasteiger partial charge in [-0.15, -0.1) is 0 Å². The summed E-state index contributed by atoms with van der Waals surface area (Å²) in [4.78, 5) is 20.6. The second-order valence-electron chi connectivity index (χ2n) is 6.85. The molecule has 4 rings (SSSR count). The van der Waals surface area contributed by atoms with Crippen LogP contribution in [-0.2, 0) is 12.8 Å². The molecule has 2 aliphatic carbocycles. The van der Waals surface area contributed by atoms with Gasteiger partial charge in [-0.3, -0.25) is 4.79 Å². The van der Waals surface area contributed by atoms with E-state index in [-0.39, 0.29) is 11.6 Å². The molecule has 24 heavy (non-hydrogen) atoms. The van der Waals surface area contributed by atoms with E-state index in [1.165, 1.54) is 18.4 Å². The Bertz CT molecular complexity index is 750. The number of hydrogen-bond acceptors (Lipinski definition) is 5. The first-order chi connectivity index (χ1) is 11.8. The molecule has 0 aromatic carbocycles. The number of anilines is 1. The Morgan fingerprint density at radius 2 is 1.96 bits per heavy atom. The van der Waals surface area contributed by atoms with E-state index >= 15 is 0 Å². The number of aromatic nitrogens is 4. The standard InChI is InChI=1S/C18H23N5O/c24-18-11-13-3-1-2-4-16(13)22-23(18)15-7-5-14(6-8-15)21-17-9-10-19-12-20-17/h9-12,14-15H,1-8H2,(H,19,20,21). The van der Waals surface area contributed by atoms with Gasteiger partial charge in [-0.2, -0.15) is 5.10 Å². The maximum absolute atomic E-state index is 12.4. The number of rotatable bonds is 3. The highest BCUT2D eigenvalue weighted by atomic mass is 16.1. The van der Waals surface area contributed by atoms with E-state index < -0.39 is 0 Å². The SMILES string of the molecule is O=c1cc2c(nn1C1CCC(Nc3ccncn3)CC1)CCCC2. The quantitative estimate of drug-likeness (QED) is 0.939. The normalized spacial score (nSPS) is 23.5. The number of hydrogen-bond donors (Lipinski definition) is 1. The molecule has 0 aliphatic heterocycles. The van der Waals surface area contributed by atoms with Crippen LogP contribution in [0.4, 0.5) is 5.82 Å². The van der Waals surface area contributed by atoms with Crippen molar-refractivity contribution >= 4 is 5.82 Å². The van der Waals surface area contributed by atoms with Gasteiger partial charge in [0, 0.05) is 18.3 Å². The van der Waals surface area contributed by atoms with E-state index in [4.69, 9.17) is 5.10 Å². The first kappa shape index (κ1) is 15.3. The van der Waals surface area contributed by atoms with Gasteiger partial charge < -0.3 is 5.32 Å². The Hall–Kier alpha value is -2.24. The van der Waals surface area contributed by atoms with Crippen molar-refractivity contribution in [2.75, 3.05) is 5.32 Å². The highest BCUT2D eigenvalue weighted by Gasteiger charge is 2.25. The maximum atomic E-state index is 12.4. The van der Waals surface area contributed by atoms with Crippen molar-refractivity contribution < 1.29 is 0 Å². The average Bonchev–Trinajstić information content (AvgIpc) is 2.63. The molecule has 2 aromatic rings. The molecule has 126 valence electrons. The van der Waals surface area contributed by atoms with Crippen LogP contribution in [0, 0.1) is 0 Å². The van der Waals surface area contributed by atoms with Gasteiger partial charge in [0.2, 0.25) is 0 Å². The molecular weight excluding hydrogens is 302 g/mol. The minimum Gasteiger partial charge on any atom is -0.367 e. The Morgan fingerprint density at radius 1 is 1.12 bits per heavy atom. The number of aryl methyl sites for hydroxylation is 2. The van der Waals surface area contributed by atoms with Gasteiger partial charge >= 0.3 is 0 Å². The summed E-state index contributed by atoms with van der Waals surface area (Å²) in [7, 11) is 0. The summed E-state index contributed by atoms with van der Waals surface area (Å²) in [5, 5.41) is 8.17. The van der Waals surface area contributed by atoms with Crippen molar-refractivity contribution in [1.29, 1.82) is 0 Å². The smallest absolute Gasteiger partial charge is 0.267 e. The Kier molecular flexibility index (Phi) is 4.28. The van der Waals surface area contributed by atoms with Gasteiger partial charge in [0.1, 0.15) is 12.1 Å². The van der Waals surface area contributed by atoms with Crippen LogP contribution in [0.1, 0.15) is 55.8 Å². The monoisotopic (exact) mass is 325 g/mol. The fourth-order valence-electron chi connectivity index (χ4n) is 3.89. The van der Waals surface area contributed by atoms with Crippen molar-refractivity contribution in [3.63, 3.8) is 0 Å². The van der Waals surface area contributed by atoms with Crippen molar-refractivity contribution in [3.8, 4) is 0 Å². The van der Waals surface area contributed by atoms with Gasteiger partial charge in [-0.05, 0) is 63.0 Å². The second-order valence-corrected chi connectivity index (χ2v) is 6.85. The summed E-state index contributed by atoms with van der Waals surface area (Å²) >= 11 is 0. The molecule has 0 atom stereocenters. The first-order valence-electron chi connectivity index (χ1n) is 8.94. The zero-order chi connectivity index (χ0) is 16.4. The summed E-state index contributed by atoms with van der Waals surface area (Å²) in [5.74, 6) is 0.873. The molecule has 0 saturated heterocycles. The van der Waals surface area contributed by atoms with E-state index in [0.29, 0.717) is 6.04 Å². The molecule has 0 spiro atoms. The minimum absolute atomic E-state index is 0.0721. The maximum Gasteiger partial charge on any atom is 0.267 e. The molecule has 1 fully saturated rings. The van der Waals surface area contributed by atoms with E-state index in [1.807, 2.05) is 12.1 Å². The van der Waals surface area contributed by atoms with Crippen molar-refractivity contribution in [3.05, 3.63) is 46.3 Å². The topological polar surface area (TPSA) is 72.7 Å². The molecule has 6 heteroatoms. The summed E-state index contributed by atoms with van der Waals surface area (Å²) in [6.45, 7) is 0. The molecule has 6 nitrogen and oxygen atoms in total. The Balaban J connectivity index is 1.43. The molecule has 2 heterocycles. The van der Waals surface area contributed by atoms with Gasteiger partial charge in [0.15, 0.2) is 0 Å². The Morgan fingerprint density at radius 3 is 2.75 bits per heavy atom. The third kappa shape index (κ3) is 3.18. The van der Waals surface area contributed by atoms with Gasteiger partial charge in [0.05, 0.1) is 11.7 Å². The van der Waals surface area contributed by atoms with E-state index in [1.54, 1.807) is 17.2 Å². The largest absolute Gasteiger partial charge is 0.367 e. The van der Waals surface area contributed by atoms with Gasteiger partial charge in [-0.25, -0.2) is 14.6 Å². The highest BCUT2D eigenvalue weighted by molar-refractivity contribution is 5.33. The number of nitrogens with one attached hydrogen (secondary N) is 1. The van der Waals surface area contributed by atoms with Gasteiger partial charge in [-0.1, -0.05) is 0 Å². The average molecular weight is 325 g/mol. The Labute approximate surface area is 141 Å². The molecule has 0 bridgehead atoms. The lowest BCUT2D eigenvalue weighted by Crippen LogP contribution is -2.34. The molecular formula is C18H23N5O. The summed E-state index contributed by atoms with van der Waals surface area (Å²) in [6.07, 6.45) is 11.7. The number of nitrogens with zero attached hydrogens (tertiary/aromatic N) is 4. The number of fused-ring (bicyclic) bond motifs is 1. The third-order valence-electron chi connectivity index (χ3n) is 5.21. The lowest BCUT2D eigenvalue weighted by molar-refractivity contribution is 0.300. The van der Waals surface area contributed by atoms with Crippen LogP contribution in [0.5, 0.6) is 0 Å². The molecule has 0 radical (unpaired) electrons. The zero-order valence-corrected chi connectivity index (χ0v) is 13.8. The summed E-state index contributed by atoms with van der Waals surface area (Å²) < 4.78 is 1.76. The minimum atomic E-state index is 0.0721. The van der Waals surface area contributed by atoms with Gasteiger partial charge in [0.25, 0.3) is 5.56 Å². The summed E-state index contributed by atoms with van der Waals surface area (Å²) in [5.41, 5.74) is 2.38. The fraction of sp³-hybridized carbons (Fsp3) is 0.556. The predicted octanol–water partition coefficient (Wildman–Crippen LogP) is 2.51. The molecule has 0 amide bonds. The third-order valence-corrected chi connectivity index (χ3v) is 5.21. The van der Waals surface area contributed by atoms with Crippen LogP contribution in [0.3, 0.4) is 0 Å². The fourth-order valence-corrected chi connectivity index (χ4v) is 3.89.